The summed E-state index contributed by atoms with van der Waals surface area (Å²) in [7, 11) is 3.40. The summed E-state index contributed by atoms with van der Waals surface area (Å²) in [5.74, 6) is 0.632. The number of nitrogens with two attached hydrogens (primary N) is 1. The van der Waals surface area contributed by atoms with Gasteiger partial charge in [0.15, 0.2) is 0 Å². The van der Waals surface area contributed by atoms with Gasteiger partial charge < -0.3 is 15.2 Å². The SMILES string of the molecule is COc1ccc(C(CN)N2CCCC(OC)C2)cn1. The summed E-state index contributed by atoms with van der Waals surface area (Å²) >= 11 is 0. The number of likely N-dealkylation sites (tertiary alicyclic amines) is 1. The molecule has 0 aromatic carbocycles. The van der Waals surface area contributed by atoms with Gasteiger partial charge in [-0.3, -0.25) is 4.90 Å². The Balaban J connectivity index is 2.09. The van der Waals surface area contributed by atoms with Crippen LogP contribution in [-0.4, -0.2) is 49.8 Å². The Morgan fingerprint density at radius 1 is 1.47 bits per heavy atom. The first kappa shape index (κ1) is 14.2. The van der Waals surface area contributed by atoms with Crippen molar-refractivity contribution < 1.29 is 9.47 Å². The van der Waals surface area contributed by atoms with Crippen LogP contribution >= 0.6 is 0 Å². The monoisotopic (exact) mass is 265 g/mol. The fourth-order valence-electron chi connectivity index (χ4n) is 2.65. The molecule has 1 fully saturated rings. The number of hydrogen-bond acceptors (Lipinski definition) is 5. The highest BCUT2D eigenvalue weighted by Crippen LogP contribution is 2.25. The minimum atomic E-state index is 0.205. The zero-order valence-corrected chi connectivity index (χ0v) is 11.7. The molecule has 2 atom stereocenters. The second kappa shape index (κ2) is 6.84. The summed E-state index contributed by atoms with van der Waals surface area (Å²) in [6.07, 6.45) is 4.45. The molecular weight excluding hydrogens is 242 g/mol. The van der Waals surface area contributed by atoms with Crippen LogP contribution in [0.1, 0.15) is 24.4 Å². The molecule has 1 aliphatic rings. The number of rotatable bonds is 5. The topological polar surface area (TPSA) is 60.6 Å². The van der Waals surface area contributed by atoms with Crippen molar-refractivity contribution in [3.8, 4) is 5.88 Å². The normalized spacial score (nSPS) is 22.2. The van der Waals surface area contributed by atoms with E-state index in [-0.39, 0.29) is 6.04 Å². The molecular formula is C14H23N3O2. The summed E-state index contributed by atoms with van der Waals surface area (Å²) < 4.78 is 10.6. The minimum Gasteiger partial charge on any atom is -0.481 e. The maximum atomic E-state index is 5.95. The smallest absolute Gasteiger partial charge is 0.212 e. The van der Waals surface area contributed by atoms with Gasteiger partial charge in [-0.05, 0) is 24.9 Å². The van der Waals surface area contributed by atoms with Gasteiger partial charge in [-0.15, -0.1) is 0 Å². The van der Waals surface area contributed by atoms with Crippen LogP contribution in [0.25, 0.3) is 0 Å². The van der Waals surface area contributed by atoms with Gasteiger partial charge in [0.05, 0.1) is 13.2 Å². The van der Waals surface area contributed by atoms with Gasteiger partial charge in [0.1, 0.15) is 0 Å². The highest BCUT2D eigenvalue weighted by atomic mass is 16.5. The molecule has 1 saturated heterocycles. The summed E-state index contributed by atoms with van der Waals surface area (Å²) in [5.41, 5.74) is 7.09. The Kier molecular flexibility index (Phi) is 5.13. The maximum Gasteiger partial charge on any atom is 0.212 e. The maximum absolute atomic E-state index is 5.95. The highest BCUT2D eigenvalue weighted by molar-refractivity contribution is 5.21. The molecule has 2 N–H and O–H groups in total. The number of aromatic nitrogens is 1. The highest BCUT2D eigenvalue weighted by Gasteiger charge is 2.26. The van der Waals surface area contributed by atoms with Crippen molar-refractivity contribution in [3.05, 3.63) is 23.9 Å². The van der Waals surface area contributed by atoms with E-state index in [1.54, 1.807) is 14.2 Å². The number of nitrogens with zero attached hydrogens (tertiary/aromatic N) is 2. The third-order valence-corrected chi connectivity index (χ3v) is 3.76. The molecule has 106 valence electrons. The molecule has 0 aliphatic carbocycles. The van der Waals surface area contributed by atoms with Crippen LogP contribution in [0.2, 0.25) is 0 Å². The minimum absolute atomic E-state index is 0.205. The quantitative estimate of drug-likeness (QED) is 0.867. The van der Waals surface area contributed by atoms with Crippen LogP contribution in [0.5, 0.6) is 5.88 Å². The van der Waals surface area contributed by atoms with Crippen molar-refractivity contribution in [3.63, 3.8) is 0 Å². The van der Waals surface area contributed by atoms with Gasteiger partial charge in [0.2, 0.25) is 5.88 Å². The van der Waals surface area contributed by atoms with Crippen LogP contribution in [-0.2, 0) is 4.74 Å². The molecule has 0 radical (unpaired) electrons. The van der Waals surface area contributed by atoms with Crippen molar-refractivity contribution in [1.29, 1.82) is 0 Å². The Bertz CT molecular complexity index is 383. The average Bonchev–Trinajstić information content (AvgIpc) is 2.49. The molecule has 0 saturated carbocycles. The van der Waals surface area contributed by atoms with E-state index in [9.17, 15) is 0 Å². The van der Waals surface area contributed by atoms with Gasteiger partial charge in [0.25, 0.3) is 0 Å². The summed E-state index contributed by atoms with van der Waals surface area (Å²) in [4.78, 5) is 6.65. The molecule has 2 unspecified atom stereocenters. The van der Waals surface area contributed by atoms with Crippen molar-refractivity contribution in [2.24, 2.45) is 5.73 Å². The van der Waals surface area contributed by atoms with E-state index in [1.165, 1.54) is 0 Å². The number of ether oxygens (including phenoxy) is 2. The van der Waals surface area contributed by atoms with Gasteiger partial charge in [-0.1, -0.05) is 6.07 Å². The second-order valence-electron chi connectivity index (χ2n) is 4.88. The molecule has 19 heavy (non-hydrogen) atoms. The lowest BCUT2D eigenvalue weighted by Crippen LogP contribution is -2.43. The first-order valence-corrected chi connectivity index (χ1v) is 6.75. The Hall–Kier alpha value is -1.17. The number of hydrogen-bond donors (Lipinski definition) is 1. The van der Waals surface area contributed by atoms with E-state index in [1.807, 2.05) is 18.3 Å². The third kappa shape index (κ3) is 3.43. The van der Waals surface area contributed by atoms with Gasteiger partial charge >= 0.3 is 0 Å². The van der Waals surface area contributed by atoms with Gasteiger partial charge in [-0.25, -0.2) is 4.98 Å². The lowest BCUT2D eigenvalue weighted by atomic mass is 10.0. The van der Waals surface area contributed by atoms with Crippen LogP contribution in [0.15, 0.2) is 18.3 Å². The molecule has 5 heteroatoms. The first-order chi connectivity index (χ1) is 9.28. The van der Waals surface area contributed by atoms with E-state index >= 15 is 0 Å². The molecule has 1 aromatic heterocycles. The van der Waals surface area contributed by atoms with Crippen molar-refractivity contribution >= 4 is 0 Å². The molecule has 0 spiro atoms. The Labute approximate surface area is 114 Å². The molecule has 5 nitrogen and oxygen atoms in total. The van der Waals surface area contributed by atoms with Crippen LogP contribution in [0.3, 0.4) is 0 Å². The molecule has 1 aromatic rings. The van der Waals surface area contributed by atoms with E-state index in [4.69, 9.17) is 15.2 Å². The fourth-order valence-corrected chi connectivity index (χ4v) is 2.65. The Morgan fingerprint density at radius 3 is 2.89 bits per heavy atom. The largest absolute Gasteiger partial charge is 0.481 e. The van der Waals surface area contributed by atoms with Crippen molar-refractivity contribution in [1.82, 2.24) is 9.88 Å². The first-order valence-electron chi connectivity index (χ1n) is 6.75. The number of piperidine rings is 1. The van der Waals surface area contributed by atoms with Crippen molar-refractivity contribution in [2.75, 3.05) is 33.9 Å². The van der Waals surface area contributed by atoms with E-state index in [2.05, 4.69) is 9.88 Å². The average molecular weight is 265 g/mol. The van der Waals surface area contributed by atoms with Crippen molar-refractivity contribution in [2.45, 2.75) is 25.0 Å². The molecule has 2 rings (SSSR count). The van der Waals surface area contributed by atoms with Crippen LogP contribution in [0, 0.1) is 0 Å². The summed E-state index contributed by atoms with van der Waals surface area (Å²) in [6, 6.07) is 4.13. The van der Waals surface area contributed by atoms with E-state index < -0.39 is 0 Å². The predicted molar refractivity (Wildman–Crippen MR) is 74.2 cm³/mol. The Morgan fingerprint density at radius 2 is 2.32 bits per heavy atom. The molecule has 2 heterocycles. The zero-order valence-electron chi connectivity index (χ0n) is 11.7. The second-order valence-corrected chi connectivity index (χ2v) is 4.88. The third-order valence-electron chi connectivity index (χ3n) is 3.76. The van der Waals surface area contributed by atoms with Crippen LogP contribution in [0.4, 0.5) is 0 Å². The molecule has 0 bridgehead atoms. The molecule has 0 amide bonds. The van der Waals surface area contributed by atoms with E-state index in [0.717, 1.165) is 31.5 Å². The number of pyridine rings is 1. The molecule has 1 aliphatic heterocycles. The number of methoxy groups -OCH3 is 2. The standard InChI is InChI=1S/C14H23N3O2/c1-18-12-4-3-7-17(10-12)13(8-15)11-5-6-14(19-2)16-9-11/h5-6,9,12-13H,3-4,7-8,10,15H2,1-2H3. The van der Waals surface area contributed by atoms with E-state index in [0.29, 0.717) is 18.5 Å². The van der Waals surface area contributed by atoms with Gasteiger partial charge in [-0.2, -0.15) is 0 Å². The lowest BCUT2D eigenvalue weighted by molar-refractivity contribution is 0.0154. The lowest BCUT2D eigenvalue weighted by Gasteiger charge is -2.37. The fraction of sp³-hybridized carbons (Fsp3) is 0.643. The predicted octanol–water partition coefficient (Wildman–Crippen LogP) is 1.20. The summed E-state index contributed by atoms with van der Waals surface area (Å²) in [5, 5.41) is 0. The summed E-state index contributed by atoms with van der Waals surface area (Å²) in [6.45, 7) is 2.59. The van der Waals surface area contributed by atoms with Gasteiger partial charge in [0, 0.05) is 38.5 Å². The van der Waals surface area contributed by atoms with Crippen LogP contribution < -0.4 is 10.5 Å². The zero-order chi connectivity index (χ0) is 13.7.